The van der Waals surface area contributed by atoms with Crippen LogP contribution in [0.1, 0.15) is 57.8 Å². The molecule has 4 aromatic rings. The molecule has 5 rings (SSSR count). The number of ether oxygens (including phenoxy) is 1. The minimum Gasteiger partial charge on any atom is -0.462 e. The van der Waals surface area contributed by atoms with Crippen molar-refractivity contribution < 1.29 is 23.1 Å². The minimum absolute atomic E-state index is 0.0850. The molecule has 3 aromatic carbocycles. The first kappa shape index (κ1) is 22.5. The minimum atomic E-state index is -1.03. The Balaban J connectivity index is 1.62. The van der Waals surface area contributed by atoms with Crippen molar-refractivity contribution in [3.05, 3.63) is 111 Å². The SMILES string of the molecule is CCCCOC(=O)c1ccc(N2C(=O)c3oc4ccccc4c(=O)c3C2c2ccccc2F)cc1. The number of rotatable bonds is 6. The van der Waals surface area contributed by atoms with Crippen LogP contribution in [0.5, 0.6) is 0 Å². The van der Waals surface area contributed by atoms with Crippen molar-refractivity contribution >= 4 is 28.5 Å². The number of halogens is 1. The van der Waals surface area contributed by atoms with E-state index in [1.807, 2.05) is 6.92 Å². The normalized spacial score (nSPS) is 14.9. The Morgan fingerprint density at radius 2 is 1.71 bits per heavy atom. The summed E-state index contributed by atoms with van der Waals surface area (Å²) >= 11 is 0. The molecular weight excluding hydrogens is 449 g/mol. The van der Waals surface area contributed by atoms with Crippen LogP contribution in [0.3, 0.4) is 0 Å². The summed E-state index contributed by atoms with van der Waals surface area (Å²) in [6.07, 6.45) is 1.67. The second kappa shape index (κ2) is 9.18. The lowest BCUT2D eigenvalue weighted by Gasteiger charge is -2.25. The number of benzene rings is 3. The van der Waals surface area contributed by atoms with E-state index in [1.54, 1.807) is 66.7 Å². The lowest BCUT2D eigenvalue weighted by molar-refractivity contribution is 0.0499. The second-order valence-corrected chi connectivity index (χ2v) is 8.31. The Labute approximate surface area is 200 Å². The van der Waals surface area contributed by atoms with Gasteiger partial charge in [-0.2, -0.15) is 0 Å². The average molecular weight is 471 g/mol. The molecule has 1 aliphatic rings. The first-order chi connectivity index (χ1) is 17.0. The zero-order valence-electron chi connectivity index (χ0n) is 19.0. The fraction of sp³-hybridized carbons (Fsp3) is 0.179. The Bertz CT molecular complexity index is 1490. The zero-order valence-corrected chi connectivity index (χ0v) is 19.0. The molecular formula is C28H22FNO5. The molecule has 0 aliphatic carbocycles. The van der Waals surface area contributed by atoms with Crippen LogP contribution in [-0.4, -0.2) is 18.5 Å². The molecule has 0 bridgehead atoms. The maximum absolute atomic E-state index is 15.0. The summed E-state index contributed by atoms with van der Waals surface area (Å²) in [7, 11) is 0. The molecule has 6 nitrogen and oxygen atoms in total. The van der Waals surface area contributed by atoms with Gasteiger partial charge in [0.2, 0.25) is 5.76 Å². The van der Waals surface area contributed by atoms with E-state index in [0.29, 0.717) is 23.2 Å². The maximum atomic E-state index is 15.0. The van der Waals surface area contributed by atoms with Crippen molar-refractivity contribution in [2.45, 2.75) is 25.8 Å². The molecule has 0 saturated carbocycles. The first-order valence-electron chi connectivity index (χ1n) is 11.4. The van der Waals surface area contributed by atoms with Crippen molar-refractivity contribution in [1.29, 1.82) is 0 Å². The predicted octanol–water partition coefficient (Wildman–Crippen LogP) is 5.64. The lowest BCUT2D eigenvalue weighted by atomic mass is 9.97. The number of nitrogens with zero attached hydrogens (tertiary/aromatic N) is 1. The van der Waals surface area contributed by atoms with Crippen LogP contribution in [-0.2, 0) is 4.74 Å². The molecule has 0 N–H and O–H groups in total. The number of fused-ring (bicyclic) bond motifs is 2. The van der Waals surface area contributed by atoms with Crippen molar-refractivity contribution in [3.8, 4) is 0 Å². The molecule has 0 fully saturated rings. The standard InChI is InChI=1S/C28H22FNO5/c1-2-3-16-34-28(33)17-12-14-18(15-13-17)30-24(19-8-4-6-10-21(19)29)23-25(31)20-9-5-7-11-22(20)35-26(23)27(30)32/h4-15,24H,2-3,16H2,1H3. The highest BCUT2D eigenvalue weighted by Crippen LogP contribution is 2.41. The molecule has 1 aliphatic heterocycles. The van der Waals surface area contributed by atoms with Gasteiger partial charge in [0, 0.05) is 11.3 Å². The van der Waals surface area contributed by atoms with Crippen LogP contribution in [0.25, 0.3) is 11.0 Å². The highest BCUT2D eigenvalue weighted by molar-refractivity contribution is 6.10. The van der Waals surface area contributed by atoms with Gasteiger partial charge in [0.1, 0.15) is 11.4 Å². The third-order valence-corrected chi connectivity index (χ3v) is 6.09. The van der Waals surface area contributed by atoms with Crippen LogP contribution in [0, 0.1) is 5.82 Å². The monoisotopic (exact) mass is 471 g/mol. The topological polar surface area (TPSA) is 76.8 Å². The van der Waals surface area contributed by atoms with Gasteiger partial charge >= 0.3 is 5.97 Å². The smallest absolute Gasteiger partial charge is 0.338 e. The third-order valence-electron chi connectivity index (χ3n) is 6.09. The van der Waals surface area contributed by atoms with Gasteiger partial charge in [0.05, 0.1) is 29.2 Å². The zero-order chi connectivity index (χ0) is 24.5. The van der Waals surface area contributed by atoms with Gasteiger partial charge in [-0.1, -0.05) is 43.7 Å². The Morgan fingerprint density at radius 3 is 2.46 bits per heavy atom. The molecule has 0 spiro atoms. The number of unbranched alkanes of at least 4 members (excludes halogenated alkanes) is 1. The number of para-hydroxylation sites is 1. The van der Waals surface area contributed by atoms with Crippen LogP contribution in [0.15, 0.2) is 82.0 Å². The number of amides is 1. The Kier molecular flexibility index (Phi) is 5.91. The van der Waals surface area contributed by atoms with Gasteiger partial charge in [-0.3, -0.25) is 14.5 Å². The second-order valence-electron chi connectivity index (χ2n) is 8.31. The number of esters is 1. The van der Waals surface area contributed by atoms with Gasteiger partial charge in [-0.05, 0) is 48.9 Å². The van der Waals surface area contributed by atoms with E-state index >= 15 is 0 Å². The number of carbonyl (C=O) groups excluding carboxylic acids is 2. The molecule has 1 aromatic heterocycles. The predicted molar refractivity (Wildman–Crippen MR) is 129 cm³/mol. The molecule has 176 valence electrons. The van der Waals surface area contributed by atoms with E-state index in [4.69, 9.17) is 9.15 Å². The van der Waals surface area contributed by atoms with E-state index in [1.165, 1.54) is 11.0 Å². The van der Waals surface area contributed by atoms with Crippen LogP contribution < -0.4 is 10.3 Å². The number of hydrogen-bond acceptors (Lipinski definition) is 5. The van der Waals surface area contributed by atoms with Gasteiger partial charge in [0.15, 0.2) is 5.43 Å². The van der Waals surface area contributed by atoms with Crippen molar-refractivity contribution in [1.82, 2.24) is 0 Å². The fourth-order valence-electron chi connectivity index (χ4n) is 4.33. The molecule has 1 unspecified atom stereocenters. The largest absolute Gasteiger partial charge is 0.462 e. The average Bonchev–Trinajstić information content (AvgIpc) is 3.17. The van der Waals surface area contributed by atoms with E-state index in [0.717, 1.165) is 12.8 Å². The fourth-order valence-corrected chi connectivity index (χ4v) is 4.33. The molecule has 35 heavy (non-hydrogen) atoms. The summed E-state index contributed by atoms with van der Waals surface area (Å²) in [6.45, 7) is 2.33. The molecule has 1 amide bonds. The maximum Gasteiger partial charge on any atom is 0.338 e. The lowest BCUT2D eigenvalue weighted by Crippen LogP contribution is -2.30. The Morgan fingerprint density at radius 1 is 1.00 bits per heavy atom. The van der Waals surface area contributed by atoms with Crippen LogP contribution in [0.2, 0.25) is 0 Å². The summed E-state index contributed by atoms with van der Waals surface area (Å²) in [5.41, 5.74) is 0.873. The number of anilines is 1. The van der Waals surface area contributed by atoms with E-state index in [9.17, 15) is 18.8 Å². The van der Waals surface area contributed by atoms with E-state index in [-0.39, 0.29) is 27.9 Å². The highest BCUT2D eigenvalue weighted by atomic mass is 19.1. The van der Waals surface area contributed by atoms with Gasteiger partial charge in [-0.15, -0.1) is 0 Å². The third kappa shape index (κ3) is 3.89. The molecule has 0 radical (unpaired) electrons. The molecule has 0 saturated heterocycles. The quantitative estimate of drug-likeness (QED) is 0.269. The number of carbonyl (C=O) groups is 2. The van der Waals surface area contributed by atoms with Crippen molar-refractivity contribution in [3.63, 3.8) is 0 Å². The summed E-state index contributed by atoms with van der Waals surface area (Å²) < 4.78 is 26.1. The Hall–Kier alpha value is -4.26. The number of hydrogen-bond donors (Lipinski definition) is 0. The van der Waals surface area contributed by atoms with Crippen LogP contribution >= 0.6 is 0 Å². The van der Waals surface area contributed by atoms with Gasteiger partial charge in [0.25, 0.3) is 5.91 Å². The molecule has 7 heteroatoms. The highest BCUT2D eigenvalue weighted by Gasteiger charge is 2.44. The summed E-state index contributed by atoms with van der Waals surface area (Å²) in [4.78, 5) is 40.7. The van der Waals surface area contributed by atoms with Crippen LogP contribution in [0.4, 0.5) is 10.1 Å². The van der Waals surface area contributed by atoms with E-state index < -0.39 is 23.7 Å². The molecule has 1 atom stereocenters. The molecule has 2 heterocycles. The van der Waals surface area contributed by atoms with Gasteiger partial charge < -0.3 is 9.15 Å². The summed E-state index contributed by atoms with van der Waals surface area (Å²) in [6, 6.07) is 17.9. The van der Waals surface area contributed by atoms with Crippen molar-refractivity contribution in [2.24, 2.45) is 0 Å². The summed E-state index contributed by atoms with van der Waals surface area (Å²) in [5, 5.41) is 0.312. The summed E-state index contributed by atoms with van der Waals surface area (Å²) in [5.74, 6) is -1.69. The van der Waals surface area contributed by atoms with Crippen molar-refractivity contribution in [2.75, 3.05) is 11.5 Å². The first-order valence-corrected chi connectivity index (χ1v) is 11.4. The van der Waals surface area contributed by atoms with E-state index in [2.05, 4.69) is 0 Å². The van der Waals surface area contributed by atoms with Gasteiger partial charge in [-0.25, -0.2) is 9.18 Å².